The third kappa shape index (κ3) is 4.31. The number of halogens is 1. The van der Waals surface area contributed by atoms with Gasteiger partial charge in [0.15, 0.2) is 0 Å². The number of ether oxygens (including phenoxy) is 1. The maximum atomic E-state index is 13.1. The first-order chi connectivity index (χ1) is 9.43. The van der Waals surface area contributed by atoms with Gasteiger partial charge in [0.05, 0.1) is 5.75 Å². The number of carbonyl (C=O) groups is 1. The lowest BCUT2D eigenvalue weighted by Crippen LogP contribution is -2.57. The maximum absolute atomic E-state index is 13.1. The quantitative estimate of drug-likeness (QED) is 0.808. The number of hydrogen-bond donors (Lipinski definition) is 1. The molecule has 1 spiro atoms. The summed E-state index contributed by atoms with van der Waals surface area (Å²) in [5, 5.41) is 2.60. The van der Waals surface area contributed by atoms with Gasteiger partial charge in [0, 0.05) is 12.0 Å². The largest absolute Gasteiger partial charge is 0.444 e. The summed E-state index contributed by atoms with van der Waals surface area (Å²) in [6.45, 7) is 5.40. The molecule has 7 heteroatoms. The first-order valence-electron chi connectivity index (χ1n) is 7.32. The molecular formula is C14H24FNO4S. The fourth-order valence-electron chi connectivity index (χ4n) is 3.79. The molecule has 1 N–H and O–H groups in total. The number of carbonyl (C=O) groups excluding carboxylic acids is 1. The molecule has 0 saturated heterocycles. The van der Waals surface area contributed by atoms with E-state index in [4.69, 9.17) is 4.74 Å². The molecule has 0 aromatic rings. The van der Waals surface area contributed by atoms with Crippen molar-refractivity contribution >= 4 is 16.3 Å². The molecule has 122 valence electrons. The van der Waals surface area contributed by atoms with Crippen molar-refractivity contribution in [3.8, 4) is 0 Å². The van der Waals surface area contributed by atoms with E-state index in [1.807, 2.05) is 0 Å². The van der Waals surface area contributed by atoms with Crippen LogP contribution in [0, 0.1) is 10.8 Å². The molecule has 2 aliphatic carbocycles. The highest BCUT2D eigenvalue weighted by molar-refractivity contribution is 7.86. The fourth-order valence-corrected chi connectivity index (χ4v) is 4.82. The fraction of sp³-hybridized carbons (Fsp3) is 0.929. The zero-order valence-electron chi connectivity index (χ0n) is 12.9. The molecule has 0 bridgehead atoms. The van der Waals surface area contributed by atoms with E-state index >= 15 is 0 Å². The number of amides is 1. The van der Waals surface area contributed by atoms with Crippen molar-refractivity contribution in [2.75, 3.05) is 12.3 Å². The van der Waals surface area contributed by atoms with E-state index in [1.165, 1.54) is 0 Å². The molecule has 0 unspecified atom stereocenters. The van der Waals surface area contributed by atoms with Crippen molar-refractivity contribution in [1.29, 1.82) is 0 Å². The van der Waals surface area contributed by atoms with Crippen LogP contribution in [0.3, 0.4) is 0 Å². The van der Waals surface area contributed by atoms with E-state index in [1.54, 1.807) is 20.8 Å². The number of nitrogens with one attached hydrogen (secondary N) is 1. The topological polar surface area (TPSA) is 72.5 Å². The Morgan fingerprint density at radius 2 is 1.86 bits per heavy atom. The Hall–Kier alpha value is -0.850. The van der Waals surface area contributed by atoms with E-state index in [9.17, 15) is 17.1 Å². The van der Waals surface area contributed by atoms with Crippen LogP contribution >= 0.6 is 0 Å². The highest BCUT2D eigenvalue weighted by Gasteiger charge is 2.58. The van der Waals surface area contributed by atoms with Crippen molar-refractivity contribution in [2.24, 2.45) is 10.8 Å². The average molecular weight is 321 g/mol. The van der Waals surface area contributed by atoms with E-state index < -0.39 is 33.1 Å². The Morgan fingerprint density at radius 1 is 1.29 bits per heavy atom. The van der Waals surface area contributed by atoms with Crippen molar-refractivity contribution in [3.05, 3.63) is 0 Å². The predicted octanol–water partition coefficient (Wildman–Crippen LogP) is 2.76. The molecule has 2 aliphatic rings. The highest BCUT2D eigenvalue weighted by Crippen LogP contribution is 2.64. The standard InChI is InChI=1S/C14H24FNO4S/c1-12(2,3)20-11(17)16-9-14(10-21(15,18)19)7-13(8-14)5-4-6-13/h4-10H2,1-3H3,(H,16,17). The molecule has 2 saturated carbocycles. The Labute approximate surface area is 125 Å². The monoisotopic (exact) mass is 321 g/mol. The van der Waals surface area contributed by atoms with Crippen molar-refractivity contribution < 1.29 is 21.8 Å². The van der Waals surface area contributed by atoms with Crippen LogP contribution in [-0.4, -0.2) is 32.4 Å². The van der Waals surface area contributed by atoms with E-state index in [0.717, 1.165) is 19.3 Å². The molecule has 5 nitrogen and oxygen atoms in total. The van der Waals surface area contributed by atoms with Gasteiger partial charge < -0.3 is 10.1 Å². The molecule has 2 fully saturated rings. The van der Waals surface area contributed by atoms with Gasteiger partial charge in [-0.3, -0.25) is 0 Å². The zero-order valence-corrected chi connectivity index (χ0v) is 13.7. The summed E-state index contributed by atoms with van der Waals surface area (Å²) in [4.78, 5) is 11.7. The Balaban J connectivity index is 1.93. The summed E-state index contributed by atoms with van der Waals surface area (Å²) < 4.78 is 40.3. The lowest BCUT2D eigenvalue weighted by molar-refractivity contribution is -0.0828. The molecule has 0 aliphatic heterocycles. The zero-order chi connectivity index (χ0) is 15.9. The summed E-state index contributed by atoms with van der Waals surface area (Å²) >= 11 is 0. The number of alkyl carbamates (subject to hydrolysis) is 1. The number of hydrogen-bond acceptors (Lipinski definition) is 4. The van der Waals surface area contributed by atoms with Crippen LogP contribution in [0.4, 0.5) is 8.68 Å². The summed E-state index contributed by atoms with van der Waals surface area (Å²) in [7, 11) is -4.55. The SMILES string of the molecule is CC(C)(C)OC(=O)NCC1(CS(=O)(=O)F)CC2(CCC2)C1. The first kappa shape index (κ1) is 16.5. The minimum absolute atomic E-state index is 0.146. The van der Waals surface area contributed by atoms with Crippen molar-refractivity contribution in [2.45, 2.75) is 58.5 Å². The minimum Gasteiger partial charge on any atom is -0.444 e. The number of rotatable bonds is 4. The van der Waals surface area contributed by atoms with Crippen LogP contribution in [0.2, 0.25) is 0 Å². The first-order valence-corrected chi connectivity index (χ1v) is 8.87. The van der Waals surface area contributed by atoms with Crippen LogP contribution in [0.5, 0.6) is 0 Å². The van der Waals surface area contributed by atoms with Crippen molar-refractivity contribution in [3.63, 3.8) is 0 Å². The van der Waals surface area contributed by atoms with Crippen LogP contribution in [-0.2, 0) is 15.0 Å². The Morgan fingerprint density at radius 3 is 2.24 bits per heavy atom. The highest BCUT2D eigenvalue weighted by atomic mass is 32.3. The van der Waals surface area contributed by atoms with Gasteiger partial charge in [-0.05, 0) is 51.9 Å². The van der Waals surface area contributed by atoms with Gasteiger partial charge in [-0.15, -0.1) is 3.89 Å². The minimum atomic E-state index is -4.55. The summed E-state index contributed by atoms with van der Waals surface area (Å²) in [5.41, 5.74) is -1.09. The van der Waals surface area contributed by atoms with Gasteiger partial charge in [0.1, 0.15) is 5.60 Å². The van der Waals surface area contributed by atoms with Gasteiger partial charge in [-0.25, -0.2) is 4.79 Å². The molecule has 0 heterocycles. The van der Waals surface area contributed by atoms with Gasteiger partial charge in [-0.2, -0.15) is 8.42 Å². The normalized spacial score (nSPS) is 23.0. The Kier molecular flexibility index (Phi) is 4.02. The second-order valence-corrected chi connectivity index (χ2v) is 9.11. The third-order valence-electron chi connectivity index (χ3n) is 4.40. The summed E-state index contributed by atoms with van der Waals surface area (Å²) in [5.74, 6) is -0.516. The molecule has 2 rings (SSSR count). The summed E-state index contributed by atoms with van der Waals surface area (Å²) in [6, 6.07) is 0. The smallest absolute Gasteiger partial charge is 0.407 e. The summed E-state index contributed by atoms with van der Waals surface area (Å²) in [6.07, 6.45) is 4.05. The molecular weight excluding hydrogens is 297 g/mol. The van der Waals surface area contributed by atoms with E-state index in [2.05, 4.69) is 5.32 Å². The van der Waals surface area contributed by atoms with E-state index in [0.29, 0.717) is 12.8 Å². The molecule has 0 atom stereocenters. The molecule has 0 aromatic heterocycles. The van der Waals surface area contributed by atoms with Gasteiger partial charge in [-0.1, -0.05) is 6.42 Å². The molecule has 0 aromatic carbocycles. The second-order valence-electron chi connectivity index (χ2n) is 7.75. The molecule has 0 radical (unpaired) electrons. The maximum Gasteiger partial charge on any atom is 0.407 e. The Bertz CT molecular complexity index is 512. The van der Waals surface area contributed by atoms with Gasteiger partial charge in [0.25, 0.3) is 0 Å². The average Bonchev–Trinajstić information content (AvgIpc) is 2.13. The van der Waals surface area contributed by atoms with Crippen LogP contribution in [0.15, 0.2) is 0 Å². The van der Waals surface area contributed by atoms with Crippen molar-refractivity contribution in [1.82, 2.24) is 5.32 Å². The van der Waals surface area contributed by atoms with Gasteiger partial charge in [0.2, 0.25) is 0 Å². The lowest BCUT2D eigenvalue weighted by Gasteiger charge is -2.60. The third-order valence-corrected chi connectivity index (χ3v) is 5.36. The molecule has 21 heavy (non-hydrogen) atoms. The van der Waals surface area contributed by atoms with Crippen LogP contribution < -0.4 is 5.32 Å². The predicted molar refractivity (Wildman–Crippen MR) is 77.1 cm³/mol. The van der Waals surface area contributed by atoms with Crippen LogP contribution in [0.1, 0.15) is 52.9 Å². The molecule has 1 amide bonds. The van der Waals surface area contributed by atoms with Crippen LogP contribution in [0.25, 0.3) is 0 Å². The van der Waals surface area contributed by atoms with Gasteiger partial charge >= 0.3 is 16.3 Å². The second kappa shape index (κ2) is 5.11. The lowest BCUT2D eigenvalue weighted by atomic mass is 9.46. The van der Waals surface area contributed by atoms with E-state index in [-0.39, 0.29) is 12.0 Å².